The predicted molar refractivity (Wildman–Crippen MR) is 85.3 cm³/mol. The third-order valence-corrected chi connectivity index (χ3v) is 3.94. The highest BCUT2D eigenvalue weighted by Crippen LogP contribution is 2.20. The average Bonchev–Trinajstić information content (AvgIpc) is 2.80. The van der Waals surface area contributed by atoms with Gasteiger partial charge in [-0.25, -0.2) is 14.6 Å². The van der Waals surface area contributed by atoms with E-state index in [1.54, 1.807) is 32.1 Å². The van der Waals surface area contributed by atoms with Crippen molar-refractivity contribution in [1.82, 2.24) is 10.3 Å². The lowest BCUT2D eigenvalue weighted by Crippen LogP contribution is -2.43. The molecule has 1 unspecified atom stereocenters. The molecule has 22 heavy (non-hydrogen) atoms. The molecule has 124 valence electrons. The Morgan fingerprint density at radius 2 is 2.05 bits per heavy atom. The van der Waals surface area contributed by atoms with E-state index in [2.05, 4.69) is 24.1 Å². The van der Waals surface area contributed by atoms with Crippen LogP contribution in [0.25, 0.3) is 0 Å². The second-order valence-electron chi connectivity index (χ2n) is 6.41. The van der Waals surface area contributed by atoms with Gasteiger partial charge in [0.15, 0.2) is 0 Å². The zero-order valence-corrected chi connectivity index (χ0v) is 14.5. The van der Waals surface area contributed by atoms with E-state index in [9.17, 15) is 14.7 Å². The molecule has 0 aliphatic rings. The molecule has 1 amide bonds. The second-order valence-corrected chi connectivity index (χ2v) is 7.30. The van der Waals surface area contributed by atoms with Crippen LogP contribution in [0.1, 0.15) is 57.7 Å². The van der Waals surface area contributed by atoms with E-state index in [4.69, 9.17) is 4.74 Å². The molecule has 6 nitrogen and oxygen atoms in total. The standard InChI is InChI=1S/C15H24N2O4S/c1-9(2)12-16-10(8-22-12)6-7-11(13(18)19)17-14(20)21-15(3,4)5/h8-9,11H,6-7H2,1-5H3,(H,17,20)(H,18,19). The second kappa shape index (κ2) is 7.58. The summed E-state index contributed by atoms with van der Waals surface area (Å²) in [6.07, 6.45) is 0.0484. The summed E-state index contributed by atoms with van der Waals surface area (Å²) in [6, 6.07) is -0.987. The fourth-order valence-corrected chi connectivity index (χ4v) is 2.57. The minimum absolute atomic E-state index is 0.274. The maximum absolute atomic E-state index is 11.7. The summed E-state index contributed by atoms with van der Waals surface area (Å²) in [5.41, 5.74) is 0.194. The van der Waals surface area contributed by atoms with Crippen LogP contribution in [-0.4, -0.2) is 33.8 Å². The summed E-state index contributed by atoms with van der Waals surface area (Å²) in [7, 11) is 0. The maximum Gasteiger partial charge on any atom is 0.408 e. The van der Waals surface area contributed by atoms with Crippen molar-refractivity contribution in [3.8, 4) is 0 Å². The number of carboxylic acids is 1. The number of alkyl carbamates (subject to hydrolysis) is 1. The number of carbonyl (C=O) groups excluding carboxylic acids is 1. The lowest BCUT2D eigenvalue weighted by atomic mass is 10.1. The Bertz CT molecular complexity index is 520. The first-order valence-electron chi connectivity index (χ1n) is 7.25. The van der Waals surface area contributed by atoms with E-state index in [0.717, 1.165) is 10.7 Å². The Kier molecular flexibility index (Phi) is 6.34. The van der Waals surface area contributed by atoms with Gasteiger partial charge in [-0.1, -0.05) is 13.8 Å². The lowest BCUT2D eigenvalue weighted by Gasteiger charge is -2.21. The monoisotopic (exact) mass is 328 g/mol. The Morgan fingerprint density at radius 1 is 1.41 bits per heavy atom. The molecule has 1 rings (SSSR count). The van der Waals surface area contributed by atoms with Gasteiger partial charge in [-0.2, -0.15) is 0 Å². The summed E-state index contributed by atoms with van der Waals surface area (Å²) >= 11 is 1.57. The Balaban J connectivity index is 2.57. The highest BCUT2D eigenvalue weighted by Gasteiger charge is 2.24. The van der Waals surface area contributed by atoms with Gasteiger partial charge >= 0.3 is 12.1 Å². The number of hydrogen-bond acceptors (Lipinski definition) is 5. The highest BCUT2D eigenvalue weighted by atomic mass is 32.1. The van der Waals surface area contributed by atoms with Crippen LogP contribution in [0.4, 0.5) is 4.79 Å². The number of aliphatic carboxylic acids is 1. The maximum atomic E-state index is 11.7. The lowest BCUT2D eigenvalue weighted by molar-refractivity contribution is -0.139. The summed E-state index contributed by atoms with van der Waals surface area (Å²) in [5, 5.41) is 14.6. The van der Waals surface area contributed by atoms with Crippen LogP contribution in [0.2, 0.25) is 0 Å². The van der Waals surface area contributed by atoms with Crippen molar-refractivity contribution in [2.45, 2.75) is 65.0 Å². The molecular formula is C15H24N2O4S. The van der Waals surface area contributed by atoms with Gasteiger partial charge in [-0.15, -0.1) is 11.3 Å². The van der Waals surface area contributed by atoms with E-state index < -0.39 is 23.7 Å². The molecule has 0 radical (unpaired) electrons. The van der Waals surface area contributed by atoms with Gasteiger partial charge in [0, 0.05) is 11.3 Å². The number of nitrogens with zero attached hydrogens (tertiary/aromatic N) is 1. The summed E-state index contributed by atoms with van der Waals surface area (Å²) in [4.78, 5) is 27.4. The minimum atomic E-state index is -1.08. The molecule has 1 heterocycles. The van der Waals surface area contributed by atoms with Crippen LogP contribution in [0.3, 0.4) is 0 Å². The number of nitrogens with one attached hydrogen (secondary N) is 1. The predicted octanol–water partition coefficient (Wildman–Crippen LogP) is 3.18. The molecule has 0 bridgehead atoms. The summed E-state index contributed by atoms with van der Waals surface area (Å²) < 4.78 is 5.08. The molecule has 2 N–H and O–H groups in total. The molecule has 0 saturated carbocycles. The van der Waals surface area contributed by atoms with Gasteiger partial charge in [-0.3, -0.25) is 0 Å². The van der Waals surface area contributed by atoms with Crippen LogP contribution < -0.4 is 5.32 Å². The molecule has 0 aliphatic carbocycles. The minimum Gasteiger partial charge on any atom is -0.480 e. The van der Waals surface area contributed by atoms with E-state index in [1.807, 2.05) is 5.38 Å². The van der Waals surface area contributed by atoms with Crippen molar-refractivity contribution in [2.24, 2.45) is 0 Å². The largest absolute Gasteiger partial charge is 0.480 e. The zero-order valence-electron chi connectivity index (χ0n) is 13.7. The number of thiazole rings is 1. The third-order valence-electron chi connectivity index (χ3n) is 2.74. The number of rotatable bonds is 6. The molecular weight excluding hydrogens is 304 g/mol. The van der Waals surface area contributed by atoms with Gasteiger partial charge < -0.3 is 15.2 Å². The smallest absolute Gasteiger partial charge is 0.408 e. The Labute approximate surface area is 134 Å². The number of carboxylic acid groups (broad SMARTS) is 1. The summed E-state index contributed by atoms with van der Waals surface area (Å²) in [6.45, 7) is 9.31. The molecule has 0 aromatic carbocycles. The average molecular weight is 328 g/mol. The molecule has 0 saturated heterocycles. The fourth-order valence-electron chi connectivity index (χ4n) is 1.70. The molecule has 0 aliphatic heterocycles. The van der Waals surface area contributed by atoms with Gasteiger partial charge in [-0.05, 0) is 33.6 Å². The highest BCUT2D eigenvalue weighted by molar-refractivity contribution is 7.09. The van der Waals surface area contributed by atoms with Crippen LogP contribution in [-0.2, 0) is 16.0 Å². The number of ether oxygens (including phenoxy) is 1. The van der Waals surface area contributed by atoms with Crippen LogP contribution in [0.15, 0.2) is 5.38 Å². The molecule has 7 heteroatoms. The third kappa shape index (κ3) is 6.43. The van der Waals surface area contributed by atoms with Crippen molar-refractivity contribution < 1.29 is 19.4 Å². The fraction of sp³-hybridized carbons (Fsp3) is 0.667. The van der Waals surface area contributed by atoms with E-state index in [-0.39, 0.29) is 6.42 Å². The first-order chi connectivity index (χ1) is 10.1. The van der Waals surface area contributed by atoms with Crippen LogP contribution in [0.5, 0.6) is 0 Å². The van der Waals surface area contributed by atoms with Gasteiger partial charge in [0.25, 0.3) is 0 Å². The SMILES string of the molecule is CC(C)c1nc(CCC(NC(=O)OC(C)(C)C)C(=O)O)cs1. The molecule has 0 spiro atoms. The number of amides is 1. The summed E-state index contributed by atoms with van der Waals surface area (Å²) in [5.74, 6) is -0.723. The Hall–Kier alpha value is -1.63. The Morgan fingerprint density at radius 3 is 2.50 bits per heavy atom. The molecule has 0 fully saturated rings. The number of aromatic nitrogens is 1. The van der Waals surface area contributed by atoms with Gasteiger partial charge in [0.2, 0.25) is 0 Å². The molecule has 1 atom stereocenters. The van der Waals surface area contributed by atoms with Crippen molar-refractivity contribution >= 4 is 23.4 Å². The van der Waals surface area contributed by atoms with Crippen molar-refractivity contribution in [3.63, 3.8) is 0 Å². The topological polar surface area (TPSA) is 88.5 Å². The number of carbonyl (C=O) groups is 2. The van der Waals surface area contributed by atoms with Crippen molar-refractivity contribution in [2.75, 3.05) is 0 Å². The van der Waals surface area contributed by atoms with Crippen molar-refractivity contribution in [1.29, 1.82) is 0 Å². The van der Waals surface area contributed by atoms with Gasteiger partial charge in [0.05, 0.1) is 10.7 Å². The zero-order chi connectivity index (χ0) is 16.9. The molecule has 1 aromatic heterocycles. The molecule has 1 aromatic rings. The first-order valence-corrected chi connectivity index (χ1v) is 8.13. The van der Waals surface area contributed by atoms with E-state index in [1.165, 1.54) is 0 Å². The van der Waals surface area contributed by atoms with Crippen molar-refractivity contribution in [3.05, 3.63) is 16.1 Å². The van der Waals surface area contributed by atoms with E-state index in [0.29, 0.717) is 12.3 Å². The first kappa shape index (κ1) is 18.4. The quantitative estimate of drug-likeness (QED) is 0.837. The van der Waals surface area contributed by atoms with Gasteiger partial charge in [0.1, 0.15) is 11.6 Å². The normalized spacial score (nSPS) is 13.0. The van der Waals surface area contributed by atoms with Crippen LogP contribution >= 0.6 is 11.3 Å². The van der Waals surface area contributed by atoms with Crippen LogP contribution in [0, 0.1) is 0 Å². The van der Waals surface area contributed by atoms with E-state index >= 15 is 0 Å². The number of hydrogen-bond donors (Lipinski definition) is 2. The number of aryl methyl sites for hydroxylation is 1.